The van der Waals surface area contributed by atoms with E-state index in [1.807, 2.05) is 31.2 Å². The third kappa shape index (κ3) is 2.34. The minimum Gasteiger partial charge on any atom is -0.481 e. The lowest BCUT2D eigenvalue weighted by molar-refractivity contribution is -0.140. The van der Waals surface area contributed by atoms with Crippen molar-refractivity contribution in [2.24, 2.45) is 0 Å². The highest BCUT2D eigenvalue weighted by Crippen LogP contribution is 2.48. The first-order valence-corrected chi connectivity index (χ1v) is 5.94. The van der Waals surface area contributed by atoms with Crippen molar-refractivity contribution in [1.29, 1.82) is 0 Å². The van der Waals surface area contributed by atoms with Crippen LogP contribution in [0.1, 0.15) is 30.9 Å². The summed E-state index contributed by atoms with van der Waals surface area (Å²) in [6.07, 6.45) is 2.49. The van der Waals surface area contributed by atoms with E-state index in [2.05, 4.69) is 0 Å². The van der Waals surface area contributed by atoms with Crippen molar-refractivity contribution in [3.63, 3.8) is 0 Å². The number of hydrogen-bond acceptors (Lipinski definition) is 2. The fraction of sp³-hybridized carbons (Fsp3) is 0.500. The van der Waals surface area contributed by atoms with Gasteiger partial charge in [0.25, 0.3) is 0 Å². The summed E-state index contributed by atoms with van der Waals surface area (Å²) in [7, 11) is 1.69. The number of aliphatic carboxylic acids is 1. The van der Waals surface area contributed by atoms with E-state index in [9.17, 15) is 9.90 Å². The van der Waals surface area contributed by atoms with Crippen molar-refractivity contribution in [3.8, 4) is 0 Å². The quantitative estimate of drug-likeness (QED) is 0.850. The number of carboxylic acid groups (broad SMARTS) is 1. The summed E-state index contributed by atoms with van der Waals surface area (Å²) in [6, 6.07) is 7.89. The van der Waals surface area contributed by atoms with Gasteiger partial charge in [0.15, 0.2) is 0 Å². The van der Waals surface area contributed by atoms with Crippen molar-refractivity contribution >= 4 is 5.97 Å². The lowest BCUT2D eigenvalue weighted by Crippen LogP contribution is -2.19. The van der Waals surface area contributed by atoms with Gasteiger partial charge in [-0.3, -0.25) is 4.79 Å². The van der Waals surface area contributed by atoms with Crippen LogP contribution in [0.25, 0.3) is 0 Å². The second-order valence-corrected chi connectivity index (χ2v) is 4.84. The average Bonchev–Trinajstić information content (AvgIpc) is 3.10. The van der Waals surface area contributed by atoms with Crippen LogP contribution in [0.5, 0.6) is 0 Å². The molecule has 0 bridgehead atoms. The second-order valence-electron chi connectivity index (χ2n) is 4.84. The summed E-state index contributed by atoms with van der Waals surface area (Å²) in [4.78, 5) is 11.2. The zero-order valence-corrected chi connectivity index (χ0v) is 10.3. The van der Waals surface area contributed by atoms with Crippen LogP contribution in [0.3, 0.4) is 0 Å². The van der Waals surface area contributed by atoms with Crippen molar-refractivity contribution in [2.75, 3.05) is 7.11 Å². The molecule has 2 rings (SSSR count). The van der Waals surface area contributed by atoms with Gasteiger partial charge in [-0.2, -0.15) is 0 Å². The number of rotatable bonds is 5. The van der Waals surface area contributed by atoms with Crippen LogP contribution in [-0.2, 0) is 21.4 Å². The molecule has 0 saturated heterocycles. The zero-order chi connectivity index (χ0) is 12.5. The topological polar surface area (TPSA) is 46.5 Å². The molecule has 1 fully saturated rings. The van der Waals surface area contributed by atoms with Crippen molar-refractivity contribution < 1.29 is 14.6 Å². The van der Waals surface area contributed by atoms with Gasteiger partial charge in [0.1, 0.15) is 0 Å². The maximum absolute atomic E-state index is 11.2. The Bertz CT molecular complexity index is 421. The van der Waals surface area contributed by atoms with Crippen molar-refractivity contribution in [3.05, 3.63) is 35.4 Å². The third-order valence-corrected chi connectivity index (χ3v) is 3.56. The van der Waals surface area contributed by atoms with Gasteiger partial charge in [-0.25, -0.2) is 0 Å². The molecule has 0 spiro atoms. The maximum Gasteiger partial charge on any atom is 0.314 e. The van der Waals surface area contributed by atoms with Crippen molar-refractivity contribution in [1.82, 2.24) is 0 Å². The van der Waals surface area contributed by atoms with Gasteiger partial charge < -0.3 is 9.84 Å². The summed E-state index contributed by atoms with van der Waals surface area (Å²) in [5, 5.41) is 9.25. The molecule has 17 heavy (non-hydrogen) atoms. The van der Waals surface area contributed by atoms with Crippen LogP contribution < -0.4 is 0 Å². The van der Waals surface area contributed by atoms with Crippen LogP contribution in [0.2, 0.25) is 0 Å². The molecule has 0 heterocycles. The molecule has 1 aliphatic rings. The fourth-order valence-corrected chi connectivity index (χ4v) is 2.16. The van der Waals surface area contributed by atoms with Gasteiger partial charge in [0.2, 0.25) is 0 Å². The van der Waals surface area contributed by atoms with E-state index in [4.69, 9.17) is 4.74 Å². The molecule has 1 aromatic carbocycles. The van der Waals surface area contributed by atoms with E-state index in [0.29, 0.717) is 0 Å². The Hall–Kier alpha value is -1.35. The second kappa shape index (κ2) is 4.49. The molecule has 3 heteroatoms. The van der Waals surface area contributed by atoms with Gasteiger partial charge in [-0.1, -0.05) is 24.3 Å². The van der Waals surface area contributed by atoms with Crippen LogP contribution in [0.4, 0.5) is 0 Å². The lowest BCUT2D eigenvalue weighted by atomic mass is 9.93. The van der Waals surface area contributed by atoms with Gasteiger partial charge in [0.05, 0.1) is 11.5 Å². The summed E-state index contributed by atoms with van der Waals surface area (Å²) in [6.45, 7) is 2.01. The van der Waals surface area contributed by atoms with Crippen LogP contribution >= 0.6 is 0 Å². The van der Waals surface area contributed by atoms with Crippen LogP contribution in [0, 0.1) is 0 Å². The van der Waals surface area contributed by atoms with Gasteiger partial charge >= 0.3 is 5.97 Å². The molecule has 1 atom stereocenters. The molecule has 3 nitrogen and oxygen atoms in total. The SMILES string of the molecule is COC(C)Cc1cccc(C2(C(=O)O)CC2)c1. The normalized spacial score (nSPS) is 18.7. The van der Waals surface area contributed by atoms with E-state index in [1.54, 1.807) is 7.11 Å². The lowest BCUT2D eigenvalue weighted by Gasteiger charge is -2.13. The zero-order valence-electron chi connectivity index (χ0n) is 10.3. The predicted octanol–water partition coefficient (Wildman–Crippen LogP) is 2.38. The van der Waals surface area contributed by atoms with Gasteiger partial charge in [-0.15, -0.1) is 0 Å². The van der Waals surface area contributed by atoms with E-state index in [1.165, 1.54) is 0 Å². The summed E-state index contributed by atoms with van der Waals surface area (Å²) in [5.41, 5.74) is 1.47. The van der Waals surface area contributed by atoms with Crippen LogP contribution in [-0.4, -0.2) is 24.3 Å². The number of methoxy groups -OCH3 is 1. The van der Waals surface area contributed by atoms with E-state index >= 15 is 0 Å². The molecule has 0 aromatic heterocycles. The molecule has 1 aliphatic carbocycles. The average molecular weight is 234 g/mol. The Morgan fingerprint density at radius 3 is 2.76 bits per heavy atom. The first kappa shape index (κ1) is 12.1. The summed E-state index contributed by atoms with van der Waals surface area (Å²) in [5.74, 6) is -0.700. The molecule has 1 N–H and O–H groups in total. The predicted molar refractivity (Wildman–Crippen MR) is 65.2 cm³/mol. The Balaban J connectivity index is 2.20. The summed E-state index contributed by atoms with van der Waals surface area (Å²) >= 11 is 0. The van der Waals surface area contributed by atoms with Crippen LogP contribution in [0.15, 0.2) is 24.3 Å². The Morgan fingerprint density at radius 2 is 2.24 bits per heavy atom. The number of carboxylic acids is 1. The Labute approximate surface area is 101 Å². The molecular weight excluding hydrogens is 216 g/mol. The molecule has 1 saturated carbocycles. The molecule has 0 radical (unpaired) electrons. The molecule has 1 unspecified atom stereocenters. The largest absolute Gasteiger partial charge is 0.481 e. The third-order valence-electron chi connectivity index (χ3n) is 3.56. The van der Waals surface area contributed by atoms with E-state index in [-0.39, 0.29) is 6.10 Å². The highest BCUT2D eigenvalue weighted by molar-refractivity contribution is 5.84. The standard InChI is InChI=1S/C14H18O3/c1-10(17-2)8-11-4-3-5-12(9-11)14(6-7-14)13(15)16/h3-5,9-10H,6-8H2,1-2H3,(H,15,16). The van der Waals surface area contributed by atoms with E-state index in [0.717, 1.165) is 30.4 Å². The number of carbonyl (C=O) groups is 1. The monoisotopic (exact) mass is 234 g/mol. The smallest absolute Gasteiger partial charge is 0.314 e. The van der Waals surface area contributed by atoms with Gasteiger partial charge in [-0.05, 0) is 37.3 Å². The Kier molecular flexibility index (Phi) is 3.20. The fourth-order valence-electron chi connectivity index (χ4n) is 2.16. The molecule has 92 valence electrons. The van der Waals surface area contributed by atoms with Crippen molar-refractivity contribution in [2.45, 2.75) is 37.7 Å². The summed E-state index contributed by atoms with van der Waals surface area (Å²) < 4.78 is 5.23. The van der Waals surface area contributed by atoms with Gasteiger partial charge in [0, 0.05) is 7.11 Å². The Morgan fingerprint density at radius 1 is 1.53 bits per heavy atom. The first-order valence-electron chi connectivity index (χ1n) is 5.94. The number of ether oxygens (including phenoxy) is 1. The minimum atomic E-state index is -0.700. The molecule has 0 amide bonds. The maximum atomic E-state index is 11.2. The highest BCUT2D eigenvalue weighted by Gasteiger charge is 2.51. The first-order chi connectivity index (χ1) is 8.08. The number of hydrogen-bond donors (Lipinski definition) is 1. The van der Waals surface area contributed by atoms with E-state index < -0.39 is 11.4 Å². The minimum absolute atomic E-state index is 0.158. The number of benzene rings is 1. The molecule has 1 aromatic rings. The molecule has 0 aliphatic heterocycles. The highest BCUT2D eigenvalue weighted by atomic mass is 16.5. The molecular formula is C14H18O3.